The number of rotatable bonds is 10. The highest BCUT2D eigenvalue weighted by molar-refractivity contribution is 5.86. The van der Waals surface area contributed by atoms with Crippen LogP contribution in [0, 0.1) is 0 Å². The topological polar surface area (TPSA) is 31.8 Å². The van der Waals surface area contributed by atoms with Crippen molar-refractivity contribution in [2.24, 2.45) is 0 Å². The highest BCUT2D eigenvalue weighted by atomic mass is 16.5. The molecule has 0 atom stereocenters. The minimum absolute atomic E-state index is 0.00671. The van der Waals surface area contributed by atoms with Crippen molar-refractivity contribution < 1.29 is 4.74 Å². The van der Waals surface area contributed by atoms with E-state index in [1.807, 2.05) is 6.20 Å². The molecular weight excluding hydrogens is 649 g/mol. The van der Waals surface area contributed by atoms with Crippen LogP contribution in [0.1, 0.15) is 116 Å². The van der Waals surface area contributed by atoms with Gasteiger partial charge in [0.1, 0.15) is 17.3 Å². The number of para-hydroxylation sites is 3. The van der Waals surface area contributed by atoms with E-state index in [0.29, 0.717) is 0 Å². The molecule has 5 aromatic rings. The van der Waals surface area contributed by atoms with E-state index in [1.54, 1.807) is 0 Å². The van der Waals surface area contributed by atoms with Gasteiger partial charge in [-0.3, -0.25) is 4.90 Å². The van der Waals surface area contributed by atoms with Gasteiger partial charge in [-0.1, -0.05) is 117 Å². The Balaban J connectivity index is 1.39. The van der Waals surface area contributed by atoms with E-state index in [4.69, 9.17) is 9.72 Å². The van der Waals surface area contributed by atoms with Gasteiger partial charge in [0.2, 0.25) is 0 Å². The first kappa shape index (κ1) is 36.6. The van der Waals surface area contributed by atoms with E-state index >= 15 is 0 Å². The second-order valence-electron chi connectivity index (χ2n) is 17.3. The Morgan fingerprint density at radius 2 is 1.28 bits per heavy atom. The van der Waals surface area contributed by atoms with E-state index in [2.05, 4.69) is 174 Å². The third kappa shape index (κ3) is 6.91. The van der Waals surface area contributed by atoms with Crippen LogP contribution < -0.4 is 19.4 Å². The molecule has 0 unspecified atom stereocenters. The molecule has 0 fully saturated rings. The van der Waals surface area contributed by atoms with Crippen LogP contribution in [0.3, 0.4) is 0 Å². The molecule has 5 heteroatoms. The molecule has 0 N–H and O–H groups in total. The molecule has 0 bridgehead atoms. The smallest absolute Gasteiger partial charge is 0.137 e. The number of ether oxygens (including phenoxy) is 1. The van der Waals surface area contributed by atoms with Gasteiger partial charge in [0.15, 0.2) is 0 Å². The maximum absolute atomic E-state index is 6.99. The van der Waals surface area contributed by atoms with Crippen LogP contribution in [0.25, 0.3) is 0 Å². The maximum Gasteiger partial charge on any atom is 0.137 e. The molecule has 0 saturated heterocycles. The van der Waals surface area contributed by atoms with Crippen LogP contribution >= 0.6 is 0 Å². The van der Waals surface area contributed by atoms with E-state index in [1.165, 1.54) is 52.2 Å². The lowest BCUT2D eigenvalue weighted by molar-refractivity contribution is 0.402. The van der Waals surface area contributed by atoms with Crippen molar-refractivity contribution in [3.63, 3.8) is 0 Å². The number of benzene rings is 4. The van der Waals surface area contributed by atoms with Crippen LogP contribution in [0.2, 0.25) is 0 Å². The second kappa shape index (κ2) is 14.2. The van der Waals surface area contributed by atoms with Crippen LogP contribution in [0.4, 0.5) is 34.3 Å². The van der Waals surface area contributed by atoms with E-state index in [9.17, 15) is 0 Å². The van der Waals surface area contributed by atoms with Gasteiger partial charge >= 0.3 is 0 Å². The number of hydrogen-bond donors (Lipinski definition) is 0. The monoisotopic (exact) mass is 706 g/mol. The minimum Gasteiger partial charge on any atom is -0.457 e. The summed E-state index contributed by atoms with van der Waals surface area (Å²) in [5.74, 6) is 2.62. The van der Waals surface area contributed by atoms with Gasteiger partial charge in [0.05, 0.1) is 29.4 Å². The fourth-order valence-corrected chi connectivity index (χ4v) is 8.36. The Hall–Kier alpha value is -4.77. The van der Waals surface area contributed by atoms with E-state index < -0.39 is 0 Å². The van der Waals surface area contributed by atoms with E-state index in [0.717, 1.165) is 61.0 Å². The molecular formula is C48H58N4O. The van der Waals surface area contributed by atoms with Crippen molar-refractivity contribution in [2.75, 3.05) is 28.4 Å². The molecule has 0 aliphatic carbocycles. The standard InChI is InChI=1S/C48H58N4O/c1-10-12-25-48(26-13-11-2)39-18-14-15-19-41(39)52(45-30-34(24-27-49-45)46(3,4)5)44-32-37(22-23-40(44)48)53-38-29-35(47(6,7)8)28-36(31-38)51-33-50(9)42-20-16-17-21-43(42)51/h14-24,27-32H,10-13,25-26,33H2,1-9H3. The van der Waals surface area contributed by atoms with Crippen molar-refractivity contribution in [3.05, 3.63) is 126 Å². The minimum atomic E-state index is -0.0941. The molecule has 3 heterocycles. The molecule has 1 aromatic heterocycles. The molecule has 276 valence electrons. The zero-order valence-electron chi connectivity index (χ0n) is 33.5. The lowest BCUT2D eigenvalue weighted by atomic mass is 9.65. The van der Waals surface area contributed by atoms with Gasteiger partial charge in [-0.25, -0.2) is 4.98 Å². The Bertz CT molecular complexity index is 2080. The summed E-state index contributed by atoms with van der Waals surface area (Å²) in [6.07, 6.45) is 8.86. The summed E-state index contributed by atoms with van der Waals surface area (Å²) in [4.78, 5) is 12.2. The van der Waals surface area contributed by atoms with Crippen molar-refractivity contribution >= 4 is 34.3 Å². The molecule has 0 spiro atoms. The zero-order valence-corrected chi connectivity index (χ0v) is 33.5. The maximum atomic E-state index is 6.99. The lowest BCUT2D eigenvalue weighted by Gasteiger charge is -2.46. The Labute approximate surface area is 318 Å². The largest absolute Gasteiger partial charge is 0.457 e. The average Bonchev–Trinajstić information content (AvgIpc) is 3.48. The third-order valence-electron chi connectivity index (χ3n) is 11.4. The first-order valence-electron chi connectivity index (χ1n) is 19.8. The summed E-state index contributed by atoms with van der Waals surface area (Å²) in [7, 11) is 2.16. The predicted molar refractivity (Wildman–Crippen MR) is 225 cm³/mol. The van der Waals surface area contributed by atoms with Crippen LogP contribution in [0.15, 0.2) is 103 Å². The number of anilines is 6. The molecule has 0 saturated carbocycles. The average molecular weight is 707 g/mol. The molecule has 0 radical (unpaired) electrons. The van der Waals surface area contributed by atoms with Crippen molar-refractivity contribution in [3.8, 4) is 11.5 Å². The SMILES string of the molecule is CCCCC1(CCCC)c2ccccc2N(c2cc(C(C)(C)C)ccn2)c2cc(Oc3cc(N4CN(C)c5ccccc54)cc(C(C)(C)C)c3)ccc21. The first-order chi connectivity index (χ1) is 25.3. The van der Waals surface area contributed by atoms with Gasteiger partial charge in [-0.2, -0.15) is 0 Å². The highest BCUT2D eigenvalue weighted by Gasteiger charge is 2.43. The van der Waals surface area contributed by atoms with Gasteiger partial charge in [-0.15, -0.1) is 0 Å². The van der Waals surface area contributed by atoms with Crippen LogP contribution in [0.5, 0.6) is 11.5 Å². The number of hydrogen-bond acceptors (Lipinski definition) is 5. The van der Waals surface area contributed by atoms with Crippen LogP contribution in [-0.4, -0.2) is 18.7 Å². The molecule has 2 aliphatic rings. The van der Waals surface area contributed by atoms with Gasteiger partial charge < -0.3 is 14.5 Å². The molecule has 5 nitrogen and oxygen atoms in total. The number of pyridine rings is 1. The summed E-state index contributed by atoms with van der Waals surface area (Å²) in [6.45, 7) is 19.1. The summed E-state index contributed by atoms with van der Waals surface area (Å²) in [5.41, 5.74) is 11.1. The highest BCUT2D eigenvalue weighted by Crippen LogP contribution is 2.57. The first-order valence-corrected chi connectivity index (χ1v) is 19.8. The molecule has 2 aliphatic heterocycles. The van der Waals surface area contributed by atoms with Crippen molar-refractivity contribution in [1.29, 1.82) is 0 Å². The summed E-state index contributed by atoms with van der Waals surface area (Å²) in [6, 6.07) is 35.8. The van der Waals surface area contributed by atoms with E-state index in [-0.39, 0.29) is 16.2 Å². The zero-order chi connectivity index (χ0) is 37.5. The van der Waals surface area contributed by atoms with Gasteiger partial charge in [0.25, 0.3) is 0 Å². The van der Waals surface area contributed by atoms with Gasteiger partial charge in [0, 0.05) is 36.5 Å². The summed E-state index contributed by atoms with van der Waals surface area (Å²) >= 11 is 0. The lowest BCUT2D eigenvalue weighted by Crippen LogP contribution is -2.36. The molecule has 0 amide bonds. The summed E-state index contributed by atoms with van der Waals surface area (Å²) < 4.78 is 6.99. The summed E-state index contributed by atoms with van der Waals surface area (Å²) in [5, 5.41) is 0. The number of unbranched alkanes of at least 4 members (excludes halogenated alkanes) is 2. The Morgan fingerprint density at radius 3 is 1.96 bits per heavy atom. The van der Waals surface area contributed by atoms with Gasteiger partial charge in [-0.05, 0) is 94.5 Å². The quantitative estimate of drug-likeness (QED) is 0.144. The van der Waals surface area contributed by atoms with Crippen LogP contribution in [-0.2, 0) is 16.2 Å². The number of aromatic nitrogens is 1. The molecule has 4 aromatic carbocycles. The van der Waals surface area contributed by atoms with Crippen molar-refractivity contribution in [1.82, 2.24) is 4.98 Å². The number of fused-ring (bicyclic) bond motifs is 3. The molecule has 7 rings (SSSR count). The molecule has 53 heavy (non-hydrogen) atoms. The predicted octanol–water partition coefficient (Wildman–Crippen LogP) is 13.5. The fourth-order valence-electron chi connectivity index (χ4n) is 8.36. The fraction of sp³-hybridized carbons (Fsp3) is 0.396. The number of nitrogens with zero attached hydrogens (tertiary/aromatic N) is 4. The Kier molecular flexibility index (Phi) is 9.82. The third-order valence-corrected chi connectivity index (χ3v) is 11.4. The second-order valence-corrected chi connectivity index (χ2v) is 17.3. The normalized spacial score (nSPS) is 14.9. The van der Waals surface area contributed by atoms with Crippen molar-refractivity contribution in [2.45, 2.75) is 110 Å². The Morgan fingerprint density at radius 1 is 0.642 bits per heavy atom.